The number of rotatable bonds is 9. The van der Waals surface area contributed by atoms with Gasteiger partial charge >= 0.3 is 5.97 Å². The molecule has 2 aromatic rings. The van der Waals surface area contributed by atoms with Gasteiger partial charge in [-0.15, -0.1) is 0 Å². The van der Waals surface area contributed by atoms with E-state index >= 15 is 0 Å². The van der Waals surface area contributed by atoms with Gasteiger partial charge in [0.1, 0.15) is 11.5 Å². The lowest BCUT2D eigenvalue weighted by atomic mass is 9.83. The van der Waals surface area contributed by atoms with Crippen molar-refractivity contribution in [1.82, 2.24) is 0 Å². The number of aryl methyl sites for hydroxylation is 1. The molecule has 6 nitrogen and oxygen atoms in total. The molecular formula is C28H30O6. The van der Waals surface area contributed by atoms with Crippen LogP contribution in [-0.4, -0.2) is 27.7 Å². The van der Waals surface area contributed by atoms with Crippen molar-refractivity contribution in [3.8, 4) is 11.5 Å². The number of allylic oxidation sites excluding steroid dienone is 2. The van der Waals surface area contributed by atoms with Crippen LogP contribution in [0.1, 0.15) is 62.5 Å². The number of ether oxygens (including phenoxy) is 1. The summed E-state index contributed by atoms with van der Waals surface area (Å²) in [6.45, 7) is 2.00. The number of carbonyl (C=O) groups excluding carboxylic acids is 2. The van der Waals surface area contributed by atoms with Crippen LogP contribution >= 0.6 is 0 Å². The molecule has 2 N–H and O–H groups in total. The number of hydrogen-bond acceptors (Lipinski definition) is 5. The van der Waals surface area contributed by atoms with Gasteiger partial charge in [0.15, 0.2) is 17.3 Å². The molecule has 0 aromatic heterocycles. The molecule has 1 unspecified atom stereocenters. The van der Waals surface area contributed by atoms with E-state index in [1.54, 1.807) is 0 Å². The highest BCUT2D eigenvalue weighted by molar-refractivity contribution is 6.20. The van der Waals surface area contributed by atoms with Crippen molar-refractivity contribution < 1.29 is 29.3 Å². The Kier molecular flexibility index (Phi) is 8.86. The molecule has 0 heterocycles. The SMILES string of the molecule is Cc1cccc(Oc2c#cc(CC3CCCC(=O)C(=C(O)CCCCC(=O)O)C(=O)C3)cc2)c1. The van der Waals surface area contributed by atoms with Crippen LogP contribution in [0.25, 0.3) is 0 Å². The molecule has 0 saturated heterocycles. The second-order valence-electron chi connectivity index (χ2n) is 8.83. The number of aliphatic hydroxyl groups excluding tert-OH is 1. The summed E-state index contributed by atoms with van der Waals surface area (Å²) in [6, 6.07) is 17.6. The van der Waals surface area contributed by atoms with E-state index < -0.39 is 5.97 Å². The van der Waals surface area contributed by atoms with E-state index in [4.69, 9.17) is 9.84 Å². The maximum absolute atomic E-state index is 12.9. The standard InChI is InChI=1S/C28H30O6/c1-19-6-4-8-23(16-19)34-22-14-12-20(13-15-22)17-21-7-5-10-25(30)28(26(31)18-21)24(29)9-2-3-11-27(32)33/h4,6,8,12,14,16,21,29H,2-3,5,7,9-11,17-18H2,1H3,(H,32,33). The predicted molar refractivity (Wildman–Crippen MR) is 127 cm³/mol. The largest absolute Gasteiger partial charge is 0.511 e. The lowest BCUT2D eigenvalue weighted by Gasteiger charge is -2.20. The van der Waals surface area contributed by atoms with E-state index in [1.165, 1.54) is 0 Å². The van der Waals surface area contributed by atoms with E-state index in [0.717, 1.165) is 23.3 Å². The average molecular weight is 463 g/mol. The number of hydrogen-bond donors (Lipinski definition) is 2. The molecule has 0 radical (unpaired) electrons. The molecule has 0 amide bonds. The molecule has 6 heteroatoms. The summed E-state index contributed by atoms with van der Waals surface area (Å²) in [7, 11) is 0. The fraction of sp³-hybridized carbons (Fsp3) is 0.393. The van der Waals surface area contributed by atoms with Gasteiger partial charge in [-0.3, -0.25) is 14.4 Å². The molecule has 1 atom stereocenters. The Balaban J connectivity index is 1.61. The Bertz CT molecular complexity index is 1050. The van der Waals surface area contributed by atoms with E-state index in [1.807, 2.05) is 43.3 Å². The Morgan fingerprint density at radius 2 is 1.85 bits per heavy atom. The number of benzene rings is 1. The maximum Gasteiger partial charge on any atom is 0.303 e. The fourth-order valence-corrected chi connectivity index (χ4v) is 4.18. The van der Waals surface area contributed by atoms with Crippen molar-refractivity contribution in [2.75, 3.05) is 0 Å². The van der Waals surface area contributed by atoms with Crippen LogP contribution < -0.4 is 4.74 Å². The Morgan fingerprint density at radius 1 is 1.06 bits per heavy atom. The summed E-state index contributed by atoms with van der Waals surface area (Å²) in [4.78, 5) is 36.0. The maximum atomic E-state index is 12.9. The third kappa shape index (κ3) is 7.48. The van der Waals surface area contributed by atoms with Gasteiger partial charge in [-0.25, -0.2) is 0 Å². The van der Waals surface area contributed by atoms with Gasteiger partial charge in [-0.2, -0.15) is 0 Å². The minimum Gasteiger partial charge on any atom is -0.511 e. The lowest BCUT2D eigenvalue weighted by Crippen LogP contribution is -2.23. The summed E-state index contributed by atoms with van der Waals surface area (Å²) in [5.41, 5.74) is 1.91. The smallest absolute Gasteiger partial charge is 0.303 e. The number of carboxylic acids is 1. The third-order valence-electron chi connectivity index (χ3n) is 5.90. The molecule has 1 saturated carbocycles. The number of ketones is 2. The number of Topliss-reactive ketones (excluding diaryl/α,β-unsaturated/α-hetero) is 2. The van der Waals surface area contributed by atoms with Crippen molar-refractivity contribution >= 4 is 17.5 Å². The van der Waals surface area contributed by atoms with E-state index in [-0.39, 0.29) is 54.5 Å². The monoisotopic (exact) mass is 462 g/mol. The first-order valence-electron chi connectivity index (χ1n) is 11.7. The Labute approximate surface area is 200 Å². The summed E-state index contributed by atoms with van der Waals surface area (Å²) in [5, 5.41) is 19.1. The average Bonchev–Trinajstić information content (AvgIpc) is 2.77. The zero-order valence-corrected chi connectivity index (χ0v) is 19.4. The second-order valence-corrected chi connectivity index (χ2v) is 8.83. The summed E-state index contributed by atoms with van der Waals surface area (Å²) in [5.74, 6) is -0.453. The Morgan fingerprint density at radius 3 is 2.56 bits per heavy atom. The minimum atomic E-state index is -0.906. The molecule has 0 aliphatic heterocycles. The highest BCUT2D eigenvalue weighted by Crippen LogP contribution is 2.27. The molecule has 34 heavy (non-hydrogen) atoms. The third-order valence-corrected chi connectivity index (χ3v) is 5.90. The normalized spacial score (nSPS) is 18.0. The van der Waals surface area contributed by atoms with Gasteiger partial charge < -0.3 is 14.9 Å². The van der Waals surface area contributed by atoms with Crippen LogP contribution in [-0.2, 0) is 20.8 Å². The van der Waals surface area contributed by atoms with E-state index in [0.29, 0.717) is 31.4 Å². The zero-order chi connectivity index (χ0) is 24.5. The quantitative estimate of drug-likeness (QED) is 0.214. The first-order chi connectivity index (χ1) is 16.3. The van der Waals surface area contributed by atoms with Crippen LogP contribution in [0, 0.1) is 25.0 Å². The van der Waals surface area contributed by atoms with Crippen LogP contribution in [0.2, 0.25) is 0 Å². The molecule has 0 bridgehead atoms. The van der Waals surface area contributed by atoms with Gasteiger partial charge in [0.25, 0.3) is 0 Å². The van der Waals surface area contributed by atoms with Crippen molar-refractivity contribution in [3.63, 3.8) is 0 Å². The van der Waals surface area contributed by atoms with Crippen molar-refractivity contribution in [2.24, 2.45) is 5.92 Å². The van der Waals surface area contributed by atoms with Gasteiger partial charge in [-0.1, -0.05) is 18.2 Å². The second kappa shape index (κ2) is 12.0. The highest BCUT2D eigenvalue weighted by Gasteiger charge is 2.28. The topological polar surface area (TPSA) is 101 Å². The first-order valence-corrected chi connectivity index (χ1v) is 11.7. The van der Waals surface area contributed by atoms with Crippen molar-refractivity contribution in [2.45, 2.75) is 64.7 Å². The summed E-state index contributed by atoms with van der Waals surface area (Å²) < 4.78 is 5.82. The van der Waals surface area contributed by atoms with Crippen molar-refractivity contribution in [3.05, 3.63) is 71.0 Å². The number of unbranched alkanes of at least 4 members (excludes halogenated alkanes) is 1. The number of carboxylic acid groups (broad SMARTS) is 1. The predicted octanol–water partition coefficient (Wildman–Crippen LogP) is 5.72. The highest BCUT2D eigenvalue weighted by atomic mass is 16.5. The number of carbonyl (C=O) groups is 3. The molecule has 2 aromatic carbocycles. The van der Waals surface area contributed by atoms with Crippen LogP contribution in [0.3, 0.4) is 0 Å². The van der Waals surface area contributed by atoms with Gasteiger partial charge in [0, 0.05) is 31.2 Å². The first kappa shape index (κ1) is 25.0. The molecule has 1 aliphatic rings. The van der Waals surface area contributed by atoms with Gasteiger partial charge in [-0.05, 0) is 80.8 Å². The van der Waals surface area contributed by atoms with E-state index in [9.17, 15) is 19.5 Å². The summed E-state index contributed by atoms with van der Waals surface area (Å²) in [6.07, 6.45) is 3.31. The van der Waals surface area contributed by atoms with Crippen LogP contribution in [0.5, 0.6) is 11.5 Å². The van der Waals surface area contributed by atoms with Crippen LogP contribution in [0.15, 0.2) is 47.7 Å². The Hall–Kier alpha value is -3.59. The molecule has 0 spiro atoms. The molecular weight excluding hydrogens is 432 g/mol. The zero-order valence-electron chi connectivity index (χ0n) is 19.4. The number of aliphatic hydroxyl groups is 1. The minimum absolute atomic E-state index is 0.00504. The summed E-state index contributed by atoms with van der Waals surface area (Å²) >= 11 is 0. The molecule has 1 fully saturated rings. The molecule has 178 valence electrons. The molecule has 3 rings (SSSR count). The van der Waals surface area contributed by atoms with Crippen molar-refractivity contribution in [1.29, 1.82) is 0 Å². The van der Waals surface area contributed by atoms with Gasteiger partial charge in [0.2, 0.25) is 0 Å². The van der Waals surface area contributed by atoms with Gasteiger partial charge in [0.05, 0.1) is 5.57 Å². The number of aliphatic carboxylic acids is 1. The fourth-order valence-electron chi connectivity index (χ4n) is 4.18. The van der Waals surface area contributed by atoms with Crippen LogP contribution in [0.4, 0.5) is 0 Å². The molecule has 1 aliphatic carbocycles. The lowest BCUT2D eigenvalue weighted by molar-refractivity contribution is -0.137. The van der Waals surface area contributed by atoms with E-state index in [2.05, 4.69) is 12.1 Å².